The average molecular weight is 256 g/mol. The van der Waals surface area contributed by atoms with Gasteiger partial charge in [-0.3, -0.25) is 0 Å². The van der Waals surface area contributed by atoms with Gasteiger partial charge in [0.15, 0.2) is 0 Å². The van der Waals surface area contributed by atoms with E-state index >= 15 is 0 Å². The van der Waals surface area contributed by atoms with Crippen molar-refractivity contribution in [1.82, 2.24) is 0 Å². The Balaban J connectivity index is 2.27. The third-order valence-corrected chi connectivity index (χ3v) is 3.20. The van der Waals surface area contributed by atoms with E-state index in [1.54, 1.807) is 0 Å². The Bertz CT molecular complexity index is 534. The number of rotatable bonds is 5. The predicted molar refractivity (Wildman–Crippen MR) is 77.6 cm³/mol. The van der Waals surface area contributed by atoms with Crippen LogP contribution < -0.4 is 4.74 Å². The molecule has 2 nitrogen and oxygen atoms in total. The SMILES string of the molecule is CCc1cccc(Oc2ccccc2[C@@H](O)CC)c1. The van der Waals surface area contributed by atoms with Gasteiger partial charge in [0.25, 0.3) is 0 Å². The van der Waals surface area contributed by atoms with Gasteiger partial charge in [0.05, 0.1) is 6.10 Å². The maximum absolute atomic E-state index is 10.0. The zero-order valence-electron chi connectivity index (χ0n) is 11.5. The van der Waals surface area contributed by atoms with Gasteiger partial charge in [-0.15, -0.1) is 0 Å². The van der Waals surface area contributed by atoms with Crippen LogP contribution in [0, 0.1) is 0 Å². The van der Waals surface area contributed by atoms with Crippen molar-refractivity contribution < 1.29 is 9.84 Å². The Kier molecular flexibility index (Phi) is 4.58. The lowest BCUT2D eigenvalue weighted by molar-refractivity contribution is 0.170. The molecule has 2 aromatic carbocycles. The van der Waals surface area contributed by atoms with Crippen molar-refractivity contribution in [2.45, 2.75) is 32.8 Å². The molecule has 0 aliphatic rings. The van der Waals surface area contributed by atoms with E-state index in [4.69, 9.17) is 4.74 Å². The molecule has 0 heterocycles. The van der Waals surface area contributed by atoms with Crippen molar-refractivity contribution in [2.75, 3.05) is 0 Å². The summed E-state index contributed by atoms with van der Waals surface area (Å²) in [5.41, 5.74) is 2.08. The molecule has 2 rings (SSSR count). The van der Waals surface area contributed by atoms with Crippen LogP contribution in [0.2, 0.25) is 0 Å². The van der Waals surface area contributed by atoms with Crippen LogP contribution in [0.15, 0.2) is 48.5 Å². The fourth-order valence-corrected chi connectivity index (χ4v) is 2.02. The first kappa shape index (κ1) is 13.6. The van der Waals surface area contributed by atoms with Gasteiger partial charge >= 0.3 is 0 Å². The summed E-state index contributed by atoms with van der Waals surface area (Å²) < 4.78 is 5.91. The molecule has 0 amide bonds. The molecule has 0 aliphatic heterocycles. The number of aryl methyl sites for hydroxylation is 1. The maximum atomic E-state index is 10.0. The fourth-order valence-electron chi connectivity index (χ4n) is 2.02. The molecule has 0 bridgehead atoms. The van der Waals surface area contributed by atoms with Crippen LogP contribution in [-0.2, 0) is 6.42 Å². The van der Waals surface area contributed by atoms with Crippen LogP contribution in [0.3, 0.4) is 0 Å². The summed E-state index contributed by atoms with van der Waals surface area (Å²) in [5, 5.41) is 10.0. The number of aliphatic hydroxyl groups is 1. The smallest absolute Gasteiger partial charge is 0.133 e. The van der Waals surface area contributed by atoms with E-state index in [9.17, 15) is 5.11 Å². The van der Waals surface area contributed by atoms with Gasteiger partial charge in [-0.05, 0) is 36.6 Å². The number of hydrogen-bond acceptors (Lipinski definition) is 2. The van der Waals surface area contributed by atoms with E-state index in [0.29, 0.717) is 6.42 Å². The standard InChI is InChI=1S/C17H20O2/c1-3-13-8-7-9-14(12-13)19-17-11-6-5-10-15(17)16(18)4-2/h5-12,16,18H,3-4H2,1-2H3/t16-/m0/s1. The molecule has 0 saturated carbocycles. The molecular weight excluding hydrogens is 236 g/mol. The largest absolute Gasteiger partial charge is 0.457 e. The molecule has 1 N–H and O–H groups in total. The monoisotopic (exact) mass is 256 g/mol. The van der Waals surface area contributed by atoms with Crippen molar-refractivity contribution in [3.8, 4) is 11.5 Å². The van der Waals surface area contributed by atoms with Crippen molar-refractivity contribution in [1.29, 1.82) is 0 Å². The van der Waals surface area contributed by atoms with E-state index in [1.165, 1.54) is 5.56 Å². The van der Waals surface area contributed by atoms with Gasteiger partial charge in [-0.2, -0.15) is 0 Å². The van der Waals surface area contributed by atoms with Gasteiger partial charge < -0.3 is 9.84 Å². The van der Waals surface area contributed by atoms with E-state index in [-0.39, 0.29) is 0 Å². The van der Waals surface area contributed by atoms with Gasteiger partial charge in [0, 0.05) is 5.56 Å². The molecule has 0 aliphatic carbocycles. The molecule has 0 fully saturated rings. The van der Waals surface area contributed by atoms with Crippen LogP contribution in [-0.4, -0.2) is 5.11 Å². The van der Waals surface area contributed by atoms with Crippen molar-refractivity contribution in [2.24, 2.45) is 0 Å². The van der Waals surface area contributed by atoms with Crippen LogP contribution in [0.25, 0.3) is 0 Å². The number of para-hydroxylation sites is 1. The summed E-state index contributed by atoms with van der Waals surface area (Å²) in [6.45, 7) is 4.08. The lowest BCUT2D eigenvalue weighted by Crippen LogP contribution is -1.98. The topological polar surface area (TPSA) is 29.5 Å². The second-order valence-corrected chi connectivity index (χ2v) is 4.56. The fraction of sp³-hybridized carbons (Fsp3) is 0.294. The molecule has 0 spiro atoms. The van der Waals surface area contributed by atoms with Crippen LogP contribution in [0.4, 0.5) is 0 Å². The summed E-state index contributed by atoms with van der Waals surface area (Å²) in [7, 11) is 0. The van der Waals surface area contributed by atoms with Crippen LogP contribution in [0.5, 0.6) is 11.5 Å². The van der Waals surface area contributed by atoms with Gasteiger partial charge in [-0.1, -0.05) is 44.2 Å². The first-order valence-electron chi connectivity index (χ1n) is 6.78. The van der Waals surface area contributed by atoms with E-state index < -0.39 is 6.10 Å². The minimum Gasteiger partial charge on any atom is -0.457 e. The molecule has 100 valence electrons. The third-order valence-electron chi connectivity index (χ3n) is 3.20. The summed E-state index contributed by atoms with van der Waals surface area (Å²) in [6.07, 6.45) is 1.18. The lowest BCUT2D eigenvalue weighted by atomic mass is 10.1. The zero-order chi connectivity index (χ0) is 13.7. The molecule has 0 radical (unpaired) electrons. The summed E-state index contributed by atoms with van der Waals surface area (Å²) in [4.78, 5) is 0. The number of ether oxygens (including phenoxy) is 1. The van der Waals surface area contributed by atoms with Crippen molar-refractivity contribution in [3.05, 3.63) is 59.7 Å². The zero-order valence-corrected chi connectivity index (χ0v) is 11.5. The lowest BCUT2D eigenvalue weighted by Gasteiger charge is -2.15. The minimum absolute atomic E-state index is 0.481. The molecule has 2 heteroatoms. The molecule has 0 saturated heterocycles. The van der Waals surface area contributed by atoms with E-state index in [1.807, 2.05) is 49.4 Å². The molecule has 19 heavy (non-hydrogen) atoms. The predicted octanol–water partition coefficient (Wildman–Crippen LogP) is 4.48. The molecular formula is C17H20O2. The quantitative estimate of drug-likeness (QED) is 0.854. The van der Waals surface area contributed by atoms with Crippen molar-refractivity contribution >= 4 is 0 Å². The van der Waals surface area contributed by atoms with Gasteiger partial charge in [0.1, 0.15) is 11.5 Å². The molecule has 2 aromatic rings. The number of hydrogen-bond donors (Lipinski definition) is 1. The van der Waals surface area contributed by atoms with Gasteiger partial charge in [-0.25, -0.2) is 0 Å². The van der Waals surface area contributed by atoms with E-state index in [2.05, 4.69) is 13.0 Å². The van der Waals surface area contributed by atoms with Gasteiger partial charge in [0.2, 0.25) is 0 Å². The normalized spacial score (nSPS) is 12.2. The highest BCUT2D eigenvalue weighted by Crippen LogP contribution is 2.31. The third kappa shape index (κ3) is 3.36. The molecule has 0 unspecified atom stereocenters. The first-order chi connectivity index (χ1) is 9.24. The number of aliphatic hydroxyl groups excluding tert-OH is 1. The van der Waals surface area contributed by atoms with Crippen LogP contribution >= 0.6 is 0 Å². The second kappa shape index (κ2) is 6.39. The Morgan fingerprint density at radius 1 is 1.05 bits per heavy atom. The number of benzene rings is 2. The average Bonchev–Trinajstić information content (AvgIpc) is 2.47. The second-order valence-electron chi connectivity index (χ2n) is 4.56. The maximum Gasteiger partial charge on any atom is 0.133 e. The Morgan fingerprint density at radius 2 is 1.84 bits per heavy atom. The Hall–Kier alpha value is -1.80. The summed E-state index contributed by atoms with van der Waals surface area (Å²) >= 11 is 0. The van der Waals surface area contributed by atoms with Crippen molar-refractivity contribution in [3.63, 3.8) is 0 Å². The molecule has 0 aromatic heterocycles. The highest BCUT2D eigenvalue weighted by Gasteiger charge is 2.11. The highest BCUT2D eigenvalue weighted by atomic mass is 16.5. The Morgan fingerprint density at radius 3 is 2.58 bits per heavy atom. The first-order valence-corrected chi connectivity index (χ1v) is 6.78. The minimum atomic E-state index is -0.481. The van der Waals surface area contributed by atoms with Crippen LogP contribution in [0.1, 0.15) is 37.5 Å². The molecule has 1 atom stereocenters. The Labute approximate surface area is 114 Å². The summed E-state index contributed by atoms with van der Waals surface area (Å²) in [6, 6.07) is 15.7. The summed E-state index contributed by atoms with van der Waals surface area (Å²) in [5.74, 6) is 1.54. The highest BCUT2D eigenvalue weighted by molar-refractivity contribution is 5.40. The van der Waals surface area contributed by atoms with E-state index in [0.717, 1.165) is 23.5 Å².